The molecule has 0 aromatic heterocycles. The molecule has 46 heavy (non-hydrogen) atoms. The minimum absolute atomic E-state index is 0.0878. The fourth-order valence-corrected chi connectivity index (χ4v) is 5.90. The van der Waals surface area contributed by atoms with Crippen molar-refractivity contribution in [3.8, 4) is 5.75 Å². The number of allylic oxidation sites excluding steroid dienone is 1. The number of phenolic OH excluding ortho intramolecular Hbond substituents is 1. The monoisotopic (exact) mass is 617 g/mol. The van der Waals surface area contributed by atoms with Crippen molar-refractivity contribution in [2.24, 2.45) is 0 Å². The van der Waals surface area contributed by atoms with Crippen LogP contribution in [0, 0.1) is 0 Å². The SMILES string of the molecule is O=C(NCCO)C1=CC2OC(c3ccccc3)(c3ccccc3)OC2C(OC(=O)c2ccccc2C=CCc2ccccc2O)C1. The molecule has 3 unspecified atom stereocenters. The standard InChI is InChI=1S/C38H35NO7/c40-23-22-39-36(42)28-24-33(44-37(43)31-20-9-7-12-26(31)14-11-15-27-13-8-10-21-32(27)41)35-34(25-28)45-38(46-35,29-16-3-1-4-17-29)30-18-5-2-6-19-30/h1-14,16-21,25,33-35,40-41H,15,22-24H2,(H,39,42). The van der Waals surface area contributed by atoms with E-state index >= 15 is 0 Å². The van der Waals surface area contributed by atoms with Crippen LogP contribution in [0.25, 0.3) is 6.08 Å². The average molecular weight is 618 g/mol. The van der Waals surface area contributed by atoms with Crippen LogP contribution in [0.15, 0.2) is 127 Å². The van der Waals surface area contributed by atoms with E-state index in [2.05, 4.69) is 5.32 Å². The van der Waals surface area contributed by atoms with Crippen molar-refractivity contribution in [2.45, 2.75) is 36.9 Å². The van der Waals surface area contributed by atoms with Gasteiger partial charge in [-0.15, -0.1) is 0 Å². The third-order valence-electron chi connectivity index (χ3n) is 8.14. The lowest BCUT2D eigenvalue weighted by Gasteiger charge is -2.31. The number of fused-ring (bicyclic) bond motifs is 1. The second kappa shape index (κ2) is 14.0. The van der Waals surface area contributed by atoms with Gasteiger partial charge in [-0.05, 0) is 35.8 Å². The highest BCUT2D eigenvalue weighted by Crippen LogP contribution is 2.47. The molecule has 4 aromatic rings. The maximum absolute atomic E-state index is 13.8. The molecule has 8 nitrogen and oxygen atoms in total. The first-order chi connectivity index (χ1) is 22.5. The third-order valence-corrected chi connectivity index (χ3v) is 8.14. The molecule has 2 aliphatic rings. The number of benzene rings is 4. The number of ether oxygens (including phenoxy) is 3. The van der Waals surface area contributed by atoms with E-state index in [1.165, 1.54) is 0 Å². The van der Waals surface area contributed by atoms with Crippen LogP contribution < -0.4 is 5.32 Å². The topological polar surface area (TPSA) is 114 Å². The summed E-state index contributed by atoms with van der Waals surface area (Å²) in [5.41, 5.74) is 3.68. The number of amides is 1. The van der Waals surface area contributed by atoms with Gasteiger partial charge < -0.3 is 29.7 Å². The second-order valence-electron chi connectivity index (χ2n) is 11.2. The summed E-state index contributed by atoms with van der Waals surface area (Å²) < 4.78 is 19.7. The van der Waals surface area contributed by atoms with Crippen molar-refractivity contribution < 1.29 is 34.0 Å². The zero-order valence-corrected chi connectivity index (χ0v) is 25.1. The molecule has 4 aromatic carbocycles. The Labute approximate surface area is 267 Å². The van der Waals surface area contributed by atoms with Gasteiger partial charge in [0.15, 0.2) is 0 Å². The van der Waals surface area contributed by atoms with Gasteiger partial charge in [0.2, 0.25) is 11.7 Å². The van der Waals surface area contributed by atoms with Gasteiger partial charge in [0.05, 0.1) is 12.2 Å². The summed E-state index contributed by atoms with van der Waals surface area (Å²) in [4.78, 5) is 26.9. The number of hydrogen-bond donors (Lipinski definition) is 3. The number of carbonyl (C=O) groups excluding carboxylic acids is 2. The molecule has 3 N–H and O–H groups in total. The summed E-state index contributed by atoms with van der Waals surface area (Å²) in [6.45, 7) is -0.118. The van der Waals surface area contributed by atoms with E-state index in [0.29, 0.717) is 23.1 Å². The van der Waals surface area contributed by atoms with E-state index in [4.69, 9.17) is 14.2 Å². The van der Waals surface area contributed by atoms with Crippen LogP contribution in [0.4, 0.5) is 0 Å². The number of aromatic hydroxyl groups is 1. The van der Waals surface area contributed by atoms with Gasteiger partial charge in [-0.3, -0.25) is 4.79 Å². The molecule has 0 spiro atoms. The van der Waals surface area contributed by atoms with Crippen LogP contribution in [0.5, 0.6) is 5.75 Å². The van der Waals surface area contributed by atoms with E-state index < -0.39 is 30.1 Å². The Kier molecular flexibility index (Phi) is 9.40. The Hall–Kier alpha value is -5.02. The minimum Gasteiger partial charge on any atom is -0.508 e. The smallest absolute Gasteiger partial charge is 0.339 e. The summed E-state index contributed by atoms with van der Waals surface area (Å²) in [5, 5.41) is 22.1. The van der Waals surface area contributed by atoms with Gasteiger partial charge >= 0.3 is 5.97 Å². The first-order valence-electron chi connectivity index (χ1n) is 15.3. The molecule has 234 valence electrons. The molecule has 6 rings (SSSR count). The van der Waals surface area contributed by atoms with Crippen molar-refractivity contribution in [3.63, 3.8) is 0 Å². The largest absolute Gasteiger partial charge is 0.508 e. The first-order valence-corrected chi connectivity index (χ1v) is 15.3. The fraction of sp³-hybridized carbons (Fsp3) is 0.211. The third kappa shape index (κ3) is 6.50. The van der Waals surface area contributed by atoms with Crippen LogP contribution in [-0.2, 0) is 31.2 Å². The number of nitrogens with one attached hydrogen (secondary N) is 1. The highest BCUT2D eigenvalue weighted by molar-refractivity contribution is 5.95. The van der Waals surface area contributed by atoms with Crippen molar-refractivity contribution in [1.82, 2.24) is 5.32 Å². The van der Waals surface area contributed by atoms with Crippen LogP contribution in [0.1, 0.15) is 39.0 Å². The molecule has 1 fully saturated rings. The van der Waals surface area contributed by atoms with E-state index in [1.54, 1.807) is 30.3 Å². The van der Waals surface area contributed by atoms with Crippen LogP contribution in [-0.4, -0.2) is 53.6 Å². The molecule has 1 heterocycles. The van der Waals surface area contributed by atoms with Crippen LogP contribution >= 0.6 is 0 Å². The summed E-state index contributed by atoms with van der Waals surface area (Å²) in [7, 11) is 0. The molecule has 1 aliphatic carbocycles. The number of rotatable bonds is 10. The van der Waals surface area contributed by atoms with Gasteiger partial charge in [0, 0.05) is 29.7 Å². The zero-order valence-electron chi connectivity index (χ0n) is 25.1. The summed E-state index contributed by atoms with van der Waals surface area (Å²) in [6, 6.07) is 33.3. The molecule has 0 bridgehead atoms. The Morgan fingerprint density at radius 3 is 2.22 bits per heavy atom. The average Bonchev–Trinajstić information content (AvgIpc) is 3.50. The molecule has 0 radical (unpaired) electrons. The fourth-order valence-electron chi connectivity index (χ4n) is 5.90. The first kappa shape index (κ1) is 31.0. The number of aliphatic hydroxyl groups is 1. The van der Waals surface area contributed by atoms with Gasteiger partial charge in [-0.1, -0.05) is 109 Å². The molecule has 1 aliphatic heterocycles. The lowest BCUT2D eigenvalue weighted by molar-refractivity contribution is -0.157. The molecule has 0 saturated carbocycles. The highest BCUT2D eigenvalue weighted by atomic mass is 16.8. The van der Waals surface area contributed by atoms with Crippen LogP contribution in [0.3, 0.4) is 0 Å². The summed E-state index contributed by atoms with van der Waals surface area (Å²) >= 11 is 0. The number of hydrogen-bond acceptors (Lipinski definition) is 7. The predicted molar refractivity (Wildman–Crippen MR) is 173 cm³/mol. The number of phenols is 1. The van der Waals surface area contributed by atoms with E-state index in [-0.39, 0.29) is 31.2 Å². The summed E-state index contributed by atoms with van der Waals surface area (Å²) in [5.74, 6) is -2.04. The van der Waals surface area contributed by atoms with Gasteiger partial charge in [0.1, 0.15) is 24.1 Å². The number of para-hydroxylation sites is 1. The quantitative estimate of drug-likeness (QED) is 0.207. The maximum atomic E-state index is 13.8. The Balaban J connectivity index is 1.31. The van der Waals surface area contributed by atoms with Crippen molar-refractivity contribution in [1.29, 1.82) is 0 Å². The Bertz CT molecular complexity index is 1690. The molecule has 1 saturated heterocycles. The van der Waals surface area contributed by atoms with Crippen molar-refractivity contribution in [3.05, 3.63) is 155 Å². The highest BCUT2D eigenvalue weighted by Gasteiger charge is 2.55. The van der Waals surface area contributed by atoms with E-state index in [0.717, 1.165) is 16.7 Å². The molecular weight excluding hydrogens is 582 g/mol. The zero-order chi connectivity index (χ0) is 31.9. The molecular formula is C38H35NO7. The van der Waals surface area contributed by atoms with Crippen LogP contribution in [0.2, 0.25) is 0 Å². The Morgan fingerprint density at radius 2 is 1.52 bits per heavy atom. The van der Waals surface area contributed by atoms with E-state index in [9.17, 15) is 19.8 Å². The van der Waals surface area contributed by atoms with Gasteiger partial charge in [0.25, 0.3) is 0 Å². The number of esters is 1. The van der Waals surface area contributed by atoms with Crippen molar-refractivity contribution in [2.75, 3.05) is 13.2 Å². The second-order valence-corrected chi connectivity index (χ2v) is 11.2. The summed E-state index contributed by atoms with van der Waals surface area (Å²) in [6.07, 6.45) is 3.72. The molecule has 3 atom stereocenters. The number of aliphatic hydroxyl groups excluding tert-OH is 1. The normalized spacial score (nSPS) is 20.1. The van der Waals surface area contributed by atoms with Crippen molar-refractivity contribution >= 4 is 18.0 Å². The maximum Gasteiger partial charge on any atom is 0.339 e. The number of carbonyl (C=O) groups is 2. The lowest BCUT2D eigenvalue weighted by atomic mass is 9.91. The molecule has 8 heteroatoms. The lowest BCUT2D eigenvalue weighted by Crippen LogP contribution is -2.43. The predicted octanol–water partition coefficient (Wildman–Crippen LogP) is 5.30. The van der Waals surface area contributed by atoms with Gasteiger partial charge in [-0.2, -0.15) is 0 Å². The Morgan fingerprint density at radius 1 is 0.870 bits per heavy atom. The van der Waals surface area contributed by atoms with E-state index in [1.807, 2.05) is 97.1 Å². The minimum atomic E-state index is -1.31. The molecule has 1 amide bonds. The van der Waals surface area contributed by atoms with Gasteiger partial charge in [-0.25, -0.2) is 4.79 Å².